The molecule has 110 valence electrons. The summed E-state index contributed by atoms with van der Waals surface area (Å²) in [5.74, 6) is 0. The highest BCUT2D eigenvalue weighted by Gasteiger charge is 2.36. The van der Waals surface area contributed by atoms with E-state index in [0.29, 0.717) is 13.2 Å². The number of rotatable bonds is 4. The highest BCUT2D eigenvalue weighted by atomic mass is 28.4. The Morgan fingerprint density at radius 1 is 1.25 bits per heavy atom. The molecule has 2 aromatic heterocycles. The third-order valence-corrected chi connectivity index (χ3v) is 8.66. The lowest BCUT2D eigenvalue weighted by Gasteiger charge is -2.36. The van der Waals surface area contributed by atoms with E-state index in [0.717, 1.165) is 11.3 Å². The molecule has 2 aromatic rings. The molecule has 2 rings (SSSR count). The van der Waals surface area contributed by atoms with E-state index in [2.05, 4.69) is 51.1 Å². The Balaban J connectivity index is 2.14. The maximum atomic E-state index is 6.24. The van der Waals surface area contributed by atoms with Gasteiger partial charge in [0.15, 0.2) is 8.32 Å². The highest BCUT2D eigenvalue weighted by molar-refractivity contribution is 6.74. The first kappa shape index (κ1) is 15.2. The van der Waals surface area contributed by atoms with Crippen molar-refractivity contribution in [1.82, 2.24) is 9.38 Å². The normalized spacial score (nSPS) is 13.1. The molecule has 0 spiro atoms. The van der Waals surface area contributed by atoms with Gasteiger partial charge in [-0.3, -0.25) is 0 Å². The Bertz CT molecular complexity index is 599. The SMILES string of the molecule is CC(C)(C)[Si](C)(C)OCc1ccc2nc(CN)cn2c1. The van der Waals surface area contributed by atoms with E-state index in [4.69, 9.17) is 10.2 Å². The van der Waals surface area contributed by atoms with Crippen LogP contribution in [0.5, 0.6) is 0 Å². The van der Waals surface area contributed by atoms with E-state index in [1.165, 1.54) is 5.56 Å². The zero-order valence-electron chi connectivity index (χ0n) is 13.1. The summed E-state index contributed by atoms with van der Waals surface area (Å²) in [6, 6.07) is 4.10. The molecule has 0 saturated heterocycles. The van der Waals surface area contributed by atoms with Crippen LogP contribution in [0.4, 0.5) is 0 Å². The predicted molar refractivity (Wildman–Crippen MR) is 85.1 cm³/mol. The molecule has 20 heavy (non-hydrogen) atoms. The number of aromatic nitrogens is 2. The number of pyridine rings is 1. The molecule has 0 unspecified atom stereocenters. The van der Waals surface area contributed by atoms with Crippen LogP contribution in [0.2, 0.25) is 18.1 Å². The molecule has 5 heteroatoms. The van der Waals surface area contributed by atoms with E-state index < -0.39 is 8.32 Å². The maximum absolute atomic E-state index is 6.24. The Labute approximate surface area is 122 Å². The first-order valence-electron chi connectivity index (χ1n) is 7.03. The van der Waals surface area contributed by atoms with Crippen LogP contribution in [-0.4, -0.2) is 17.7 Å². The van der Waals surface area contributed by atoms with E-state index in [-0.39, 0.29) is 5.04 Å². The van der Waals surface area contributed by atoms with Crippen LogP contribution in [0.15, 0.2) is 24.5 Å². The molecule has 0 aliphatic rings. The number of imidazole rings is 1. The van der Waals surface area contributed by atoms with Crippen molar-refractivity contribution < 1.29 is 4.43 Å². The molecule has 0 fully saturated rings. The number of nitrogens with two attached hydrogens (primary N) is 1. The minimum atomic E-state index is -1.70. The van der Waals surface area contributed by atoms with Gasteiger partial charge in [0.05, 0.1) is 12.3 Å². The summed E-state index contributed by atoms with van der Waals surface area (Å²) in [6.45, 7) is 12.4. The zero-order valence-corrected chi connectivity index (χ0v) is 14.1. The summed E-state index contributed by atoms with van der Waals surface area (Å²) in [6.07, 6.45) is 4.06. The molecule has 0 saturated carbocycles. The maximum Gasteiger partial charge on any atom is 0.192 e. The summed E-state index contributed by atoms with van der Waals surface area (Å²) in [5.41, 5.74) is 8.63. The van der Waals surface area contributed by atoms with E-state index >= 15 is 0 Å². The molecule has 0 radical (unpaired) electrons. The van der Waals surface area contributed by atoms with Crippen LogP contribution in [-0.2, 0) is 17.6 Å². The lowest BCUT2D eigenvalue weighted by atomic mass is 10.2. The average molecular weight is 291 g/mol. The molecule has 2 N–H and O–H groups in total. The molecular formula is C15H25N3OSi. The van der Waals surface area contributed by atoms with Crippen molar-refractivity contribution >= 4 is 14.0 Å². The quantitative estimate of drug-likeness (QED) is 0.879. The van der Waals surface area contributed by atoms with Gasteiger partial charge in [-0.05, 0) is 29.8 Å². The van der Waals surface area contributed by atoms with Crippen molar-refractivity contribution in [2.24, 2.45) is 5.73 Å². The third kappa shape index (κ3) is 3.11. The van der Waals surface area contributed by atoms with Crippen molar-refractivity contribution in [2.75, 3.05) is 0 Å². The Morgan fingerprint density at radius 2 is 1.95 bits per heavy atom. The first-order valence-corrected chi connectivity index (χ1v) is 9.94. The fourth-order valence-corrected chi connectivity index (χ4v) is 2.71. The van der Waals surface area contributed by atoms with Gasteiger partial charge in [-0.15, -0.1) is 0 Å². The molecular weight excluding hydrogens is 266 g/mol. The minimum absolute atomic E-state index is 0.235. The molecule has 2 heterocycles. The summed E-state index contributed by atoms with van der Waals surface area (Å²) >= 11 is 0. The average Bonchev–Trinajstić information content (AvgIpc) is 2.77. The van der Waals surface area contributed by atoms with Gasteiger partial charge >= 0.3 is 0 Å². The van der Waals surface area contributed by atoms with Crippen LogP contribution >= 0.6 is 0 Å². The lowest BCUT2D eigenvalue weighted by molar-refractivity contribution is 0.276. The largest absolute Gasteiger partial charge is 0.413 e. The monoisotopic (exact) mass is 291 g/mol. The Hall–Kier alpha value is -1.17. The second-order valence-electron chi connectivity index (χ2n) is 6.79. The minimum Gasteiger partial charge on any atom is -0.413 e. The van der Waals surface area contributed by atoms with Gasteiger partial charge in [-0.2, -0.15) is 0 Å². The lowest BCUT2D eigenvalue weighted by Crippen LogP contribution is -2.40. The van der Waals surface area contributed by atoms with Crippen LogP contribution in [0.3, 0.4) is 0 Å². The summed E-state index contributed by atoms with van der Waals surface area (Å²) in [5, 5.41) is 0.235. The molecule has 0 bridgehead atoms. The van der Waals surface area contributed by atoms with Gasteiger partial charge < -0.3 is 14.6 Å². The Morgan fingerprint density at radius 3 is 2.55 bits per heavy atom. The van der Waals surface area contributed by atoms with Gasteiger partial charge in [0.25, 0.3) is 0 Å². The van der Waals surface area contributed by atoms with Gasteiger partial charge in [0.2, 0.25) is 0 Å². The number of fused-ring (bicyclic) bond motifs is 1. The topological polar surface area (TPSA) is 52.5 Å². The van der Waals surface area contributed by atoms with Gasteiger partial charge in [-0.25, -0.2) is 4.98 Å². The Kier molecular flexibility index (Phi) is 4.04. The van der Waals surface area contributed by atoms with Crippen molar-refractivity contribution in [3.05, 3.63) is 35.8 Å². The van der Waals surface area contributed by atoms with E-state index in [1.54, 1.807) is 0 Å². The summed E-state index contributed by atoms with van der Waals surface area (Å²) in [7, 11) is -1.70. The first-order chi connectivity index (χ1) is 9.23. The second kappa shape index (κ2) is 5.31. The van der Waals surface area contributed by atoms with Crippen LogP contribution in [0.1, 0.15) is 32.0 Å². The second-order valence-corrected chi connectivity index (χ2v) is 11.6. The third-order valence-electron chi connectivity index (χ3n) is 4.18. The predicted octanol–water partition coefficient (Wildman–Crippen LogP) is 3.31. The summed E-state index contributed by atoms with van der Waals surface area (Å²) in [4.78, 5) is 4.43. The highest BCUT2D eigenvalue weighted by Crippen LogP contribution is 2.37. The molecule has 0 atom stereocenters. The molecule has 0 amide bonds. The van der Waals surface area contributed by atoms with Crippen molar-refractivity contribution in [3.63, 3.8) is 0 Å². The molecule has 0 aliphatic heterocycles. The van der Waals surface area contributed by atoms with E-state index in [1.807, 2.05) is 16.7 Å². The number of nitrogens with zero attached hydrogens (tertiary/aromatic N) is 2. The van der Waals surface area contributed by atoms with Crippen LogP contribution in [0, 0.1) is 0 Å². The smallest absolute Gasteiger partial charge is 0.192 e. The van der Waals surface area contributed by atoms with Gasteiger partial charge in [-0.1, -0.05) is 26.8 Å². The molecule has 4 nitrogen and oxygen atoms in total. The van der Waals surface area contributed by atoms with Gasteiger partial charge in [0.1, 0.15) is 5.65 Å². The van der Waals surface area contributed by atoms with Crippen LogP contribution < -0.4 is 5.73 Å². The van der Waals surface area contributed by atoms with E-state index in [9.17, 15) is 0 Å². The zero-order chi connectivity index (χ0) is 15.0. The molecule has 0 aliphatic carbocycles. The molecule has 0 aromatic carbocycles. The van der Waals surface area contributed by atoms with Gasteiger partial charge in [0, 0.05) is 18.9 Å². The fourth-order valence-electron chi connectivity index (χ4n) is 1.75. The summed E-state index contributed by atoms with van der Waals surface area (Å²) < 4.78 is 8.26. The standard InChI is InChI=1S/C15H25N3OSi/c1-15(2,3)20(4,5)19-11-12-6-7-14-17-13(8-16)10-18(14)9-12/h6-7,9-10H,8,11,16H2,1-5H3. The van der Waals surface area contributed by atoms with Crippen LogP contribution in [0.25, 0.3) is 5.65 Å². The van der Waals surface area contributed by atoms with Crippen molar-refractivity contribution in [3.8, 4) is 0 Å². The van der Waals surface area contributed by atoms with Crippen molar-refractivity contribution in [2.45, 2.75) is 52.1 Å². The number of hydrogen-bond donors (Lipinski definition) is 1. The fraction of sp³-hybridized carbons (Fsp3) is 0.533. The van der Waals surface area contributed by atoms with Crippen molar-refractivity contribution in [1.29, 1.82) is 0 Å². The number of hydrogen-bond acceptors (Lipinski definition) is 3.